The summed E-state index contributed by atoms with van der Waals surface area (Å²) in [4.78, 5) is 23.6. The monoisotopic (exact) mass is 275 g/mol. The first-order chi connectivity index (χ1) is 9.42. The molecule has 0 bridgehead atoms. The average Bonchev–Trinajstić information content (AvgIpc) is 2.38. The van der Waals surface area contributed by atoms with Crippen molar-refractivity contribution in [2.45, 2.75) is 39.5 Å². The predicted octanol–water partition coefficient (Wildman–Crippen LogP) is 3.54. The van der Waals surface area contributed by atoms with E-state index in [1.54, 1.807) is 18.2 Å². The third-order valence-electron chi connectivity index (χ3n) is 4.24. The molecule has 2 N–H and O–H groups in total. The first kappa shape index (κ1) is 14.6. The molecule has 1 aliphatic rings. The molecule has 0 saturated heterocycles. The fourth-order valence-corrected chi connectivity index (χ4v) is 2.98. The van der Waals surface area contributed by atoms with Gasteiger partial charge in [-0.1, -0.05) is 38.8 Å². The summed E-state index contributed by atoms with van der Waals surface area (Å²) in [5.74, 6) is -1.15. The number of carboxylic acid groups (broad SMARTS) is 1. The quantitative estimate of drug-likeness (QED) is 0.886. The van der Waals surface area contributed by atoms with Crippen LogP contribution in [0.3, 0.4) is 0 Å². The molecule has 1 saturated carbocycles. The summed E-state index contributed by atoms with van der Waals surface area (Å²) in [7, 11) is 0. The Labute approximate surface area is 119 Å². The van der Waals surface area contributed by atoms with E-state index in [9.17, 15) is 9.59 Å². The van der Waals surface area contributed by atoms with Gasteiger partial charge in [0.2, 0.25) is 5.91 Å². The molecular weight excluding hydrogens is 254 g/mol. The van der Waals surface area contributed by atoms with Crippen LogP contribution in [0.2, 0.25) is 0 Å². The Morgan fingerprint density at radius 1 is 1.25 bits per heavy atom. The molecule has 2 rings (SSSR count). The predicted molar refractivity (Wildman–Crippen MR) is 77.8 cm³/mol. The Morgan fingerprint density at radius 3 is 2.60 bits per heavy atom. The molecule has 0 aromatic heterocycles. The van der Waals surface area contributed by atoms with Gasteiger partial charge in [0.1, 0.15) is 0 Å². The minimum atomic E-state index is -1.02. The van der Waals surface area contributed by atoms with Gasteiger partial charge in [-0.25, -0.2) is 4.79 Å². The molecule has 0 heterocycles. The van der Waals surface area contributed by atoms with Crippen molar-refractivity contribution >= 4 is 17.6 Å². The van der Waals surface area contributed by atoms with E-state index in [-0.39, 0.29) is 22.8 Å². The first-order valence-electron chi connectivity index (χ1n) is 7.05. The van der Waals surface area contributed by atoms with E-state index < -0.39 is 5.97 Å². The lowest BCUT2D eigenvalue weighted by Crippen LogP contribution is -2.37. The number of carbonyl (C=O) groups excluding carboxylic acids is 1. The fourth-order valence-electron chi connectivity index (χ4n) is 2.98. The minimum Gasteiger partial charge on any atom is -0.478 e. The number of rotatable bonds is 3. The van der Waals surface area contributed by atoms with Gasteiger partial charge in [-0.3, -0.25) is 4.79 Å². The van der Waals surface area contributed by atoms with Crippen LogP contribution in [0.4, 0.5) is 5.69 Å². The summed E-state index contributed by atoms with van der Waals surface area (Å²) >= 11 is 0. The Morgan fingerprint density at radius 2 is 1.95 bits per heavy atom. The smallest absolute Gasteiger partial charge is 0.337 e. The van der Waals surface area contributed by atoms with Crippen LogP contribution in [0.5, 0.6) is 0 Å². The fraction of sp³-hybridized carbons (Fsp3) is 0.500. The number of nitrogens with one attached hydrogen (secondary N) is 1. The van der Waals surface area contributed by atoms with E-state index in [0.29, 0.717) is 5.69 Å². The maximum absolute atomic E-state index is 12.5. The summed E-state index contributed by atoms with van der Waals surface area (Å²) < 4.78 is 0. The average molecular weight is 275 g/mol. The molecule has 4 heteroatoms. The van der Waals surface area contributed by atoms with Gasteiger partial charge in [0, 0.05) is 5.92 Å². The summed E-state index contributed by atoms with van der Waals surface area (Å²) in [6.45, 7) is 4.22. The van der Waals surface area contributed by atoms with Crippen LogP contribution in [-0.2, 0) is 4.79 Å². The molecule has 1 atom stereocenters. The molecule has 1 unspecified atom stereocenters. The van der Waals surface area contributed by atoms with Crippen LogP contribution in [0, 0.1) is 11.3 Å². The van der Waals surface area contributed by atoms with Gasteiger partial charge in [0.15, 0.2) is 0 Å². The molecule has 0 spiro atoms. The maximum Gasteiger partial charge on any atom is 0.337 e. The van der Waals surface area contributed by atoms with Crippen molar-refractivity contribution in [3.05, 3.63) is 29.8 Å². The van der Waals surface area contributed by atoms with Crippen LogP contribution >= 0.6 is 0 Å². The molecule has 4 nitrogen and oxygen atoms in total. The second kappa shape index (κ2) is 5.65. The normalized spacial score (nSPS) is 21.2. The SMILES string of the molecule is CC1(C)CCCCC1C(=O)Nc1ccccc1C(=O)O. The van der Waals surface area contributed by atoms with Crippen molar-refractivity contribution in [2.75, 3.05) is 5.32 Å². The van der Waals surface area contributed by atoms with Gasteiger partial charge in [-0.2, -0.15) is 0 Å². The highest BCUT2D eigenvalue weighted by Crippen LogP contribution is 2.41. The molecule has 20 heavy (non-hydrogen) atoms. The van der Waals surface area contributed by atoms with Crippen LogP contribution in [-0.4, -0.2) is 17.0 Å². The summed E-state index contributed by atoms with van der Waals surface area (Å²) in [5, 5.41) is 11.9. The zero-order chi connectivity index (χ0) is 14.8. The van der Waals surface area contributed by atoms with Crippen molar-refractivity contribution in [3.8, 4) is 0 Å². The third kappa shape index (κ3) is 3.00. The standard InChI is InChI=1S/C16H21NO3/c1-16(2)10-6-5-8-12(16)14(18)17-13-9-4-3-7-11(13)15(19)20/h3-4,7,9,12H,5-6,8,10H2,1-2H3,(H,17,18)(H,19,20). The van der Waals surface area contributed by atoms with Crippen LogP contribution in [0.25, 0.3) is 0 Å². The van der Waals surface area contributed by atoms with Gasteiger partial charge in [-0.05, 0) is 30.4 Å². The number of hydrogen-bond acceptors (Lipinski definition) is 2. The van der Waals surface area contributed by atoms with Gasteiger partial charge in [-0.15, -0.1) is 0 Å². The summed E-state index contributed by atoms with van der Waals surface area (Å²) in [6, 6.07) is 6.53. The van der Waals surface area contributed by atoms with E-state index in [4.69, 9.17) is 5.11 Å². The number of carboxylic acids is 1. The van der Waals surface area contributed by atoms with E-state index in [0.717, 1.165) is 25.7 Å². The Bertz CT molecular complexity index is 522. The second-order valence-electron chi connectivity index (χ2n) is 6.13. The molecule has 1 aliphatic carbocycles. The lowest BCUT2D eigenvalue weighted by Gasteiger charge is -2.37. The van der Waals surface area contributed by atoms with Crippen molar-refractivity contribution < 1.29 is 14.7 Å². The van der Waals surface area contributed by atoms with E-state index in [2.05, 4.69) is 19.2 Å². The molecule has 1 aromatic rings. The number of amides is 1. The topological polar surface area (TPSA) is 66.4 Å². The van der Waals surface area contributed by atoms with E-state index >= 15 is 0 Å². The van der Waals surface area contributed by atoms with E-state index in [1.165, 1.54) is 6.07 Å². The van der Waals surface area contributed by atoms with Gasteiger partial charge < -0.3 is 10.4 Å². The summed E-state index contributed by atoms with van der Waals surface area (Å²) in [5.41, 5.74) is 0.487. The van der Waals surface area contributed by atoms with Crippen molar-refractivity contribution in [3.63, 3.8) is 0 Å². The second-order valence-corrected chi connectivity index (χ2v) is 6.13. The van der Waals surface area contributed by atoms with Gasteiger partial charge in [0.25, 0.3) is 0 Å². The van der Waals surface area contributed by atoms with Crippen LogP contribution < -0.4 is 5.32 Å². The molecular formula is C16H21NO3. The number of benzene rings is 1. The molecule has 1 amide bonds. The lowest BCUT2D eigenvalue weighted by molar-refractivity contribution is -0.124. The molecule has 0 aliphatic heterocycles. The van der Waals surface area contributed by atoms with Crippen molar-refractivity contribution in [1.82, 2.24) is 0 Å². The number of para-hydroxylation sites is 1. The molecule has 108 valence electrons. The first-order valence-corrected chi connectivity index (χ1v) is 7.05. The zero-order valence-electron chi connectivity index (χ0n) is 12.0. The number of hydrogen-bond donors (Lipinski definition) is 2. The molecule has 1 fully saturated rings. The maximum atomic E-state index is 12.5. The number of aromatic carboxylic acids is 1. The highest BCUT2D eigenvalue weighted by molar-refractivity contribution is 6.01. The van der Waals surface area contributed by atoms with Crippen molar-refractivity contribution in [1.29, 1.82) is 0 Å². The lowest BCUT2D eigenvalue weighted by atomic mass is 9.68. The molecule has 1 aromatic carbocycles. The summed E-state index contributed by atoms with van der Waals surface area (Å²) in [6.07, 6.45) is 4.12. The third-order valence-corrected chi connectivity index (χ3v) is 4.24. The minimum absolute atomic E-state index is 0.0273. The Balaban J connectivity index is 2.18. The Hall–Kier alpha value is -1.84. The highest BCUT2D eigenvalue weighted by atomic mass is 16.4. The molecule has 0 radical (unpaired) electrons. The largest absolute Gasteiger partial charge is 0.478 e. The van der Waals surface area contributed by atoms with Crippen LogP contribution in [0.1, 0.15) is 49.9 Å². The van der Waals surface area contributed by atoms with Crippen molar-refractivity contribution in [2.24, 2.45) is 11.3 Å². The zero-order valence-corrected chi connectivity index (χ0v) is 12.0. The van der Waals surface area contributed by atoms with Gasteiger partial charge >= 0.3 is 5.97 Å². The van der Waals surface area contributed by atoms with Crippen LogP contribution in [0.15, 0.2) is 24.3 Å². The number of carbonyl (C=O) groups is 2. The highest BCUT2D eigenvalue weighted by Gasteiger charge is 2.37. The van der Waals surface area contributed by atoms with Gasteiger partial charge in [0.05, 0.1) is 11.3 Å². The number of anilines is 1. The van der Waals surface area contributed by atoms with E-state index in [1.807, 2.05) is 0 Å². The Kier molecular flexibility index (Phi) is 4.12.